The lowest BCUT2D eigenvalue weighted by molar-refractivity contribution is 0.414. The van der Waals surface area contributed by atoms with Crippen molar-refractivity contribution in [3.63, 3.8) is 0 Å². The highest BCUT2D eigenvalue weighted by atomic mass is 35.5. The summed E-state index contributed by atoms with van der Waals surface area (Å²) in [6.45, 7) is 0.333. The number of nitrogens with zero attached hydrogens (tertiary/aromatic N) is 7. The van der Waals surface area contributed by atoms with Crippen LogP contribution in [0.2, 0.25) is 15.1 Å². The largest absolute Gasteiger partial charge is 0.497 e. The van der Waals surface area contributed by atoms with Crippen LogP contribution in [0, 0.1) is 0 Å². The molecule has 0 spiro atoms. The van der Waals surface area contributed by atoms with Gasteiger partial charge < -0.3 is 9.15 Å². The van der Waals surface area contributed by atoms with E-state index in [1.807, 2.05) is 54.6 Å². The Morgan fingerprint density at radius 3 is 2.36 bits per heavy atom. The van der Waals surface area contributed by atoms with Crippen molar-refractivity contribution in [2.45, 2.75) is 24.8 Å². The molecule has 0 radical (unpaired) electrons. The topological polar surface area (TPSA) is 96.7 Å². The number of rotatable bonds is 8. The molecule has 0 atom stereocenters. The predicted molar refractivity (Wildman–Crippen MR) is 159 cm³/mol. The zero-order chi connectivity index (χ0) is 28.8. The van der Waals surface area contributed by atoms with E-state index in [4.69, 9.17) is 49.1 Å². The van der Waals surface area contributed by atoms with Crippen LogP contribution in [0.1, 0.15) is 29.9 Å². The van der Waals surface area contributed by atoms with Gasteiger partial charge in [0, 0.05) is 21.2 Å². The van der Waals surface area contributed by atoms with Gasteiger partial charge in [0.2, 0.25) is 5.89 Å². The van der Waals surface area contributed by atoms with Gasteiger partial charge in [0.05, 0.1) is 35.5 Å². The summed E-state index contributed by atoms with van der Waals surface area (Å²) in [6, 6.07) is 20.7. The lowest BCUT2D eigenvalue weighted by Crippen LogP contribution is -2.09. The Labute approximate surface area is 255 Å². The van der Waals surface area contributed by atoms with Crippen molar-refractivity contribution in [1.29, 1.82) is 0 Å². The number of hydrogen-bond donors (Lipinski definition) is 0. The molecule has 0 saturated heterocycles. The van der Waals surface area contributed by atoms with Gasteiger partial charge in [-0.1, -0.05) is 59.1 Å². The van der Waals surface area contributed by atoms with Crippen molar-refractivity contribution < 1.29 is 9.15 Å². The zero-order valence-corrected chi connectivity index (χ0v) is 24.5. The van der Waals surface area contributed by atoms with Gasteiger partial charge in [0.25, 0.3) is 5.89 Å². The summed E-state index contributed by atoms with van der Waals surface area (Å²) in [5, 5.41) is 19.9. The molecule has 42 heavy (non-hydrogen) atoms. The standard InChI is InChI=1S/C30H22Cl3N7O2/c1-41-22-9-4-19(5-10-22)30(12-13-30)29-37-36-28(42-29)26-23(15-39-17-34-16-35-39)27(18-2-6-20(31)7-3-18)40(38-26)25-11-8-21(32)14-24(25)33/h2-11,14,16-17H,12-13,15H2,1H3. The molecule has 9 nitrogen and oxygen atoms in total. The van der Waals surface area contributed by atoms with Gasteiger partial charge in [-0.15, -0.1) is 10.2 Å². The predicted octanol–water partition coefficient (Wildman–Crippen LogP) is 7.28. The minimum atomic E-state index is -0.343. The number of ether oxygens (including phenoxy) is 1. The molecule has 1 aliphatic rings. The SMILES string of the molecule is COc1ccc(C2(c3nnc(-c4nn(-c5ccc(Cl)cc5Cl)c(-c5ccc(Cl)cc5)c4Cn4cncn4)o3)CC2)cc1. The first-order valence-electron chi connectivity index (χ1n) is 13.1. The molecular formula is C30H22Cl3N7O2. The number of hydrogen-bond acceptors (Lipinski definition) is 7. The molecular weight excluding hydrogens is 597 g/mol. The molecule has 0 unspecified atom stereocenters. The van der Waals surface area contributed by atoms with Crippen molar-refractivity contribution in [2.75, 3.05) is 7.11 Å². The van der Waals surface area contributed by atoms with E-state index in [0.29, 0.717) is 44.8 Å². The molecule has 3 aromatic carbocycles. The monoisotopic (exact) mass is 617 g/mol. The average Bonchev–Trinajstić information content (AvgIpc) is 3.32. The molecule has 210 valence electrons. The third-order valence-corrected chi connectivity index (χ3v) is 8.25. The van der Waals surface area contributed by atoms with Crippen LogP contribution >= 0.6 is 34.8 Å². The van der Waals surface area contributed by atoms with Crippen LogP contribution in [0.25, 0.3) is 28.5 Å². The fourth-order valence-corrected chi connectivity index (χ4v) is 5.77. The van der Waals surface area contributed by atoms with Gasteiger partial charge in [0.1, 0.15) is 18.4 Å². The molecule has 12 heteroatoms. The lowest BCUT2D eigenvalue weighted by atomic mass is 9.96. The number of aromatic nitrogens is 7. The van der Waals surface area contributed by atoms with Crippen LogP contribution in [0.4, 0.5) is 0 Å². The molecule has 3 heterocycles. The maximum Gasteiger partial charge on any atom is 0.268 e. The van der Waals surface area contributed by atoms with Crippen LogP contribution in [0.3, 0.4) is 0 Å². The first-order valence-corrected chi connectivity index (χ1v) is 14.2. The van der Waals surface area contributed by atoms with Crippen LogP contribution in [-0.4, -0.2) is 41.9 Å². The molecule has 1 aliphatic carbocycles. The third kappa shape index (κ3) is 4.73. The van der Waals surface area contributed by atoms with E-state index in [1.165, 1.54) is 6.33 Å². The van der Waals surface area contributed by atoms with Gasteiger partial charge >= 0.3 is 0 Å². The Hall–Kier alpha value is -4.18. The second kappa shape index (κ2) is 10.6. The number of benzene rings is 3. The molecule has 6 aromatic rings. The minimum Gasteiger partial charge on any atom is -0.497 e. The maximum absolute atomic E-state index is 6.71. The second-order valence-electron chi connectivity index (χ2n) is 10.0. The van der Waals surface area contributed by atoms with E-state index < -0.39 is 0 Å². The summed E-state index contributed by atoms with van der Waals surface area (Å²) < 4.78 is 15.2. The minimum absolute atomic E-state index is 0.291. The van der Waals surface area contributed by atoms with Gasteiger partial charge in [-0.25, -0.2) is 14.3 Å². The van der Waals surface area contributed by atoms with E-state index in [0.717, 1.165) is 41.0 Å². The lowest BCUT2D eigenvalue weighted by Gasteiger charge is -2.12. The van der Waals surface area contributed by atoms with Crippen molar-refractivity contribution in [3.05, 3.63) is 111 Å². The highest BCUT2D eigenvalue weighted by Gasteiger charge is 2.51. The Morgan fingerprint density at radius 2 is 1.69 bits per heavy atom. The average molecular weight is 619 g/mol. The molecule has 7 rings (SSSR count). The van der Waals surface area contributed by atoms with Crippen molar-refractivity contribution in [1.82, 2.24) is 34.7 Å². The second-order valence-corrected chi connectivity index (χ2v) is 11.3. The molecule has 1 fully saturated rings. The molecule has 0 N–H and O–H groups in total. The van der Waals surface area contributed by atoms with E-state index in [1.54, 1.807) is 34.9 Å². The summed E-state index contributed by atoms with van der Waals surface area (Å²) in [4.78, 5) is 4.13. The smallest absolute Gasteiger partial charge is 0.268 e. The van der Waals surface area contributed by atoms with Crippen molar-refractivity contribution in [2.24, 2.45) is 0 Å². The van der Waals surface area contributed by atoms with Crippen molar-refractivity contribution in [3.8, 4) is 34.3 Å². The Balaban J connectivity index is 1.41. The Kier molecular flexibility index (Phi) is 6.73. The molecule has 0 bridgehead atoms. The van der Waals surface area contributed by atoms with E-state index in [9.17, 15) is 0 Å². The molecule has 3 aromatic heterocycles. The summed E-state index contributed by atoms with van der Waals surface area (Å²) in [6.07, 6.45) is 4.93. The quantitative estimate of drug-likeness (QED) is 0.177. The molecule has 0 aliphatic heterocycles. The summed E-state index contributed by atoms with van der Waals surface area (Å²) in [5.74, 6) is 1.63. The van der Waals surface area contributed by atoms with Crippen LogP contribution in [-0.2, 0) is 12.0 Å². The van der Waals surface area contributed by atoms with E-state index in [2.05, 4.69) is 20.3 Å². The van der Waals surface area contributed by atoms with Gasteiger partial charge in [-0.05, 0) is 60.9 Å². The first-order chi connectivity index (χ1) is 20.4. The fraction of sp³-hybridized carbons (Fsp3) is 0.167. The van der Waals surface area contributed by atoms with Gasteiger partial charge in [0.15, 0.2) is 5.69 Å². The third-order valence-electron chi connectivity index (χ3n) is 7.46. The molecule has 1 saturated carbocycles. The summed E-state index contributed by atoms with van der Waals surface area (Å²) >= 11 is 19.2. The van der Waals surface area contributed by atoms with E-state index in [-0.39, 0.29) is 5.41 Å². The fourth-order valence-electron chi connectivity index (χ4n) is 5.15. The van der Waals surface area contributed by atoms with E-state index >= 15 is 0 Å². The molecule has 0 amide bonds. The Morgan fingerprint density at radius 1 is 0.929 bits per heavy atom. The maximum atomic E-state index is 6.71. The number of methoxy groups -OCH3 is 1. The first kappa shape index (κ1) is 26.7. The van der Waals surface area contributed by atoms with Gasteiger partial charge in [-0.2, -0.15) is 10.2 Å². The Bertz CT molecular complexity index is 1880. The van der Waals surface area contributed by atoms with Crippen molar-refractivity contribution >= 4 is 34.8 Å². The summed E-state index contributed by atoms with van der Waals surface area (Å²) in [7, 11) is 1.65. The van der Waals surface area contributed by atoms with Crippen LogP contribution < -0.4 is 4.74 Å². The summed E-state index contributed by atoms with van der Waals surface area (Å²) in [5.41, 5.74) is 4.30. The van der Waals surface area contributed by atoms with Crippen LogP contribution in [0.5, 0.6) is 5.75 Å². The highest BCUT2D eigenvalue weighted by Crippen LogP contribution is 2.53. The zero-order valence-electron chi connectivity index (χ0n) is 22.2. The highest BCUT2D eigenvalue weighted by molar-refractivity contribution is 6.35. The van der Waals surface area contributed by atoms with Gasteiger partial charge in [-0.3, -0.25) is 0 Å². The van der Waals surface area contributed by atoms with Crippen LogP contribution in [0.15, 0.2) is 83.8 Å². The number of halogens is 3. The normalized spacial score (nSPS) is 13.8.